The van der Waals surface area contributed by atoms with Crippen molar-refractivity contribution in [3.8, 4) is 0 Å². The third kappa shape index (κ3) is 7.75. The number of hydrogen-bond acceptors (Lipinski definition) is 2. The summed E-state index contributed by atoms with van der Waals surface area (Å²) in [7, 11) is 0. The summed E-state index contributed by atoms with van der Waals surface area (Å²) in [6.07, 6.45) is 20.0. The molecule has 4 rings (SSSR count). The molecule has 0 radical (unpaired) electrons. The highest BCUT2D eigenvalue weighted by Crippen LogP contribution is 2.43. The number of ether oxygens (including phenoxy) is 2. The summed E-state index contributed by atoms with van der Waals surface area (Å²) in [6.45, 7) is 4.09. The van der Waals surface area contributed by atoms with Gasteiger partial charge in [-0.3, -0.25) is 0 Å². The van der Waals surface area contributed by atoms with Crippen LogP contribution in [0.1, 0.15) is 110 Å². The molecule has 190 valence electrons. The average Bonchev–Trinajstić information content (AvgIpc) is 2.84. The fourth-order valence-corrected chi connectivity index (χ4v) is 7.54. The van der Waals surface area contributed by atoms with E-state index in [0.29, 0.717) is 11.8 Å². The Hall–Kier alpha value is -0.480. The molecular formula is C29H48F2O2. The lowest BCUT2D eigenvalue weighted by molar-refractivity contribution is -0.230. The van der Waals surface area contributed by atoms with Gasteiger partial charge in [-0.25, -0.2) is 0 Å². The van der Waals surface area contributed by atoms with Crippen molar-refractivity contribution >= 4 is 0 Å². The van der Waals surface area contributed by atoms with Gasteiger partial charge in [0, 0.05) is 11.8 Å². The zero-order valence-corrected chi connectivity index (χ0v) is 21.0. The van der Waals surface area contributed by atoms with E-state index in [2.05, 4.69) is 6.92 Å². The Bertz CT molecular complexity index is 572. The normalized spacial score (nSPS) is 40.3. The van der Waals surface area contributed by atoms with Gasteiger partial charge >= 0.3 is 0 Å². The molecule has 0 bridgehead atoms. The maximum absolute atomic E-state index is 12.5. The van der Waals surface area contributed by atoms with Crippen molar-refractivity contribution in [2.24, 2.45) is 41.4 Å². The summed E-state index contributed by atoms with van der Waals surface area (Å²) in [5.41, 5.74) is 0. The van der Waals surface area contributed by atoms with E-state index in [9.17, 15) is 8.78 Å². The Kier molecular flexibility index (Phi) is 10.1. The summed E-state index contributed by atoms with van der Waals surface area (Å²) in [5, 5.41) is 0. The summed E-state index contributed by atoms with van der Waals surface area (Å²) in [6, 6.07) is 0. The fraction of sp³-hybridized carbons (Fsp3) is 0.931. The minimum Gasteiger partial charge on any atom is -0.352 e. The van der Waals surface area contributed by atoms with Crippen LogP contribution in [0.25, 0.3) is 0 Å². The Morgan fingerprint density at radius 2 is 1.12 bits per heavy atom. The predicted molar refractivity (Wildman–Crippen MR) is 130 cm³/mol. The van der Waals surface area contributed by atoms with E-state index in [1.807, 2.05) is 0 Å². The van der Waals surface area contributed by atoms with Gasteiger partial charge in [-0.1, -0.05) is 51.9 Å². The highest BCUT2D eigenvalue weighted by molar-refractivity contribution is 4.92. The first-order chi connectivity index (χ1) is 16.1. The lowest BCUT2D eigenvalue weighted by Gasteiger charge is -2.41. The zero-order chi connectivity index (χ0) is 23.0. The van der Waals surface area contributed by atoms with Gasteiger partial charge in [0.2, 0.25) is 0 Å². The molecular weight excluding hydrogens is 418 g/mol. The Morgan fingerprint density at radius 3 is 1.67 bits per heavy atom. The predicted octanol–water partition coefficient (Wildman–Crippen LogP) is 8.76. The van der Waals surface area contributed by atoms with Gasteiger partial charge in [0.1, 0.15) is 0 Å². The molecule has 0 N–H and O–H groups in total. The maximum Gasteiger partial charge on any atom is 0.266 e. The lowest BCUT2D eigenvalue weighted by Crippen LogP contribution is -2.39. The minimum absolute atomic E-state index is 0.0140. The molecule has 4 heteroatoms. The first-order valence-electron chi connectivity index (χ1n) is 14.4. The summed E-state index contributed by atoms with van der Waals surface area (Å²) < 4.78 is 37.5. The monoisotopic (exact) mass is 466 g/mol. The molecule has 1 saturated heterocycles. The van der Waals surface area contributed by atoms with E-state index in [1.165, 1.54) is 83.1 Å². The van der Waals surface area contributed by atoms with Gasteiger partial charge in [0.05, 0.1) is 13.2 Å². The number of allylic oxidation sites excluding steroid dienone is 1. The van der Waals surface area contributed by atoms with Crippen molar-refractivity contribution in [1.29, 1.82) is 0 Å². The second kappa shape index (κ2) is 13.0. The second-order valence-corrected chi connectivity index (χ2v) is 12.0. The van der Waals surface area contributed by atoms with Gasteiger partial charge in [-0.15, -0.1) is 0 Å². The third-order valence-electron chi connectivity index (χ3n) is 9.69. The van der Waals surface area contributed by atoms with Crippen molar-refractivity contribution in [1.82, 2.24) is 0 Å². The minimum atomic E-state index is -1.50. The molecule has 0 unspecified atom stereocenters. The van der Waals surface area contributed by atoms with Crippen molar-refractivity contribution in [3.63, 3.8) is 0 Å². The fourth-order valence-electron chi connectivity index (χ4n) is 7.54. The van der Waals surface area contributed by atoms with E-state index in [4.69, 9.17) is 9.47 Å². The highest BCUT2D eigenvalue weighted by atomic mass is 19.3. The van der Waals surface area contributed by atoms with Crippen molar-refractivity contribution in [3.05, 3.63) is 12.2 Å². The van der Waals surface area contributed by atoms with Crippen LogP contribution in [0.2, 0.25) is 0 Å². The molecule has 0 aromatic heterocycles. The summed E-state index contributed by atoms with van der Waals surface area (Å²) >= 11 is 0. The summed E-state index contributed by atoms with van der Waals surface area (Å²) in [4.78, 5) is 0. The van der Waals surface area contributed by atoms with E-state index in [1.54, 1.807) is 0 Å². The number of rotatable bonds is 8. The smallest absolute Gasteiger partial charge is 0.266 e. The first-order valence-corrected chi connectivity index (χ1v) is 14.4. The molecule has 0 amide bonds. The first kappa shape index (κ1) is 25.6. The molecule has 4 fully saturated rings. The van der Waals surface area contributed by atoms with Gasteiger partial charge in [-0.05, 0) is 93.5 Å². The van der Waals surface area contributed by atoms with Crippen molar-refractivity contribution in [2.75, 3.05) is 13.2 Å². The largest absolute Gasteiger partial charge is 0.352 e. The topological polar surface area (TPSA) is 18.5 Å². The quantitative estimate of drug-likeness (QED) is 0.356. The van der Waals surface area contributed by atoms with Crippen LogP contribution < -0.4 is 0 Å². The molecule has 0 aromatic carbocycles. The van der Waals surface area contributed by atoms with E-state index >= 15 is 0 Å². The molecule has 0 spiro atoms. The van der Waals surface area contributed by atoms with Gasteiger partial charge in [0.15, 0.2) is 6.29 Å². The van der Waals surface area contributed by atoms with E-state index in [-0.39, 0.29) is 12.2 Å². The molecule has 3 saturated carbocycles. The molecule has 0 atom stereocenters. The molecule has 4 aliphatic rings. The Balaban J connectivity index is 1.08. The number of halogens is 2. The van der Waals surface area contributed by atoms with Crippen LogP contribution in [0.3, 0.4) is 0 Å². The molecule has 0 aromatic rings. The third-order valence-corrected chi connectivity index (χ3v) is 9.69. The van der Waals surface area contributed by atoms with Crippen LogP contribution in [-0.2, 0) is 9.47 Å². The van der Waals surface area contributed by atoms with Crippen LogP contribution in [0.15, 0.2) is 12.2 Å². The summed E-state index contributed by atoms with van der Waals surface area (Å²) in [5.74, 6) is 4.71. The van der Waals surface area contributed by atoms with Crippen molar-refractivity contribution in [2.45, 2.75) is 116 Å². The Morgan fingerprint density at radius 1 is 0.636 bits per heavy atom. The van der Waals surface area contributed by atoms with Gasteiger partial charge < -0.3 is 9.47 Å². The molecule has 1 heterocycles. The standard InChI is InChI=1S/C29H48F2O2/c1-2-3-21-4-6-22(7-5-21)8-9-24-19-32-29(33-20-24)27-16-14-26(15-17-27)25-12-10-23(11-13-25)18-28(30)31/h18,21-27,29H,2-17,19-20H2,1H3. The molecule has 33 heavy (non-hydrogen) atoms. The molecule has 3 aliphatic carbocycles. The maximum atomic E-state index is 12.5. The molecule has 1 aliphatic heterocycles. The second-order valence-electron chi connectivity index (χ2n) is 12.0. The average molecular weight is 467 g/mol. The molecule has 2 nitrogen and oxygen atoms in total. The Labute approximate surface area is 201 Å². The zero-order valence-electron chi connectivity index (χ0n) is 21.0. The highest BCUT2D eigenvalue weighted by Gasteiger charge is 2.36. The van der Waals surface area contributed by atoms with Crippen LogP contribution in [-0.4, -0.2) is 19.5 Å². The van der Waals surface area contributed by atoms with Crippen LogP contribution >= 0.6 is 0 Å². The van der Waals surface area contributed by atoms with Gasteiger partial charge in [-0.2, -0.15) is 8.78 Å². The van der Waals surface area contributed by atoms with Crippen LogP contribution in [0.4, 0.5) is 8.78 Å². The van der Waals surface area contributed by atoms with Gasteiger partial charge in [0.25, 0.3) is 6.08 Å². The van der Waals surface area contributed by atoms with E-state index in [0.717, 1.165) is 62.6 Å². The lowest BCUT2D eigenvalue weighted by atomic mass is 9.69. The van der Waals surface area contributed by atoms with Crippen molar-refractivity contribution < 1.29 is 18.3 Å². The van der Waals surface area contributed by atoms with Crippen LogP contribution in [0.5, 0.6) is 0 Å². The van der Waals surface area contributed by atoms with E-state index < -0.39 is 6.08 Å². The SMILES string of the molecule is CCCC1CCC(CCC2COC(C3CCC(C4CCC(C=C(F)F)CC4)CC3)OC2)CC1. The number of hydrogen-bond donors (Lipinski definition) is 0. The van der Waals surface area contributed by atoms with Crippen LogP contribution in [0, 0.1) is 41.4 Å².